The number of rotatable bonds is 7. The van der Waals surface area contributed by atoms with Gasteiger partial charge in [-0.2, -0.15) is 0 Å². The molecule has 0 bridgehead atoms. The largest absolute Gasteiger partial charge is 0.365 e. The molecule has 0 spiro atoms. The van der Waals surface area contributed by atoms with Gasteiger partial charge in [0.1, 0.15) is 11.6 Å². The number of nitrogens with one attached hydrogen (secondary N) is 4. The third-order valence-corrected chi connectivity index (χ3v) is 8.50. The summed E-state index contributed by atoms with van der Waals surface area (Å²) in [5.74, 6) is 2.35. The normalized spacial score (nSPS) is 12.8. The van der Waals surface area contributed by atoms with E-state index in [1.54, 1.807) is 6.20 Å². The smallest absolute Gasteiger partial charge is 0.145 e. The maximum absolute atomic E-state index is 4.73. The van der Waals surface area contributed by atoms with Crippen molar-refractivity contribution in [3.8, 4) is 0 Å². The van der Waals surface area contributed by atoms with E-state index in [9.17, 15) is 0 Å². The fourth-order valence-electron chi connectivity index (χ4n) is 5.79. The summed E-state index contributed by atoms with van der Waals surface area (Å²) in [4.78, 5) is 24.8. The van der Waals surface area contributed by atoms with Gasteiger partial charge in [-0.25, -0.2) is 9.97 Å². The Kier molecular flexibility index (Phi) is 7.22. The summed E-state index contributed by atoms with van der Waals surface area (Å²) >= 11 is 0. The van der Waals surface area contributed by atoms with E-state index >= 15 is 0 Å². The van der Waals surface area contributed by atoms with Gasteiger partial charge in [0, 0.05) is 36.5 Å². The van der Waals surface area contributed by atoms with Gasteiger partial charge in [0.15, 0.2) is 0 Å². The Morgan fingerprint density at radius 1 is 0.609 bits per heavy atom. The number of benzene rings is 4. The van der Waals surface area contributed by atoms with Crippen molar-refractivity contribution in [3.05, 3.63) is 132 Å². The molecular formula is C38H34N8. The van der Waals surface area contributed by atoms with Crippen molar-refractivity contribution in [2.24, 2.45) is 0 Å². The summed E-state index contributed by atoms with van der Waals surface area (Å²) in [6.45, 7) is 3.52. The lowest BCUT2D eigenvalue weighted by Crippen LogP contribution is -2.02. The van der Waals surface area contributed by atoms with E-state index in [4.69, 9.17) is 4.98 Å². The van der Waals surface area contributed by atoms with Crippen LogP contribution in [0.2, 0.25) is 0 Å². The maximum Gasteiger partial charge on any atom is 0.145 e. The number of anilines is 2. The minimum atomic E-state index is 0.723. The summed E-state index contributed by atoms with van der Waals surface area (Å²) in [5, 5.41) is 9.18. The van der Waals surface area contributed by atoms with E-state index in [1.165, 1.54) is 45.9 Å². The predicted octanol–water partition coefficient (Wildman–Crippen LogP) is 8.63. The number of H-pyrrole nitrogens is 2. The molecule has 4 aromatic carbocycles. The summed E-state index contributed by atoms with van der Waals surface area (Å²) in [5.41, 5.74) is 11.1. The molecule has 4 N–H and O–H groups in total. The molecule has 0 amide bonds. The quantitative estimate of drug-likeness (QED) is 0.145. The monoisotopic (exact) mass is 602 g/mol. The number of aromatic amines is 2. The SMILES string of the molecule is Cc1ccc2nc(NCc3ccc4cc[nH]c4c3)cnc2c1.c1cc2ccc(CNc3cnc4ccc(C5CC5)cc4n3)cc2[nH]1. The fourth-order valence-corrected chi connectivity index (χ4v) is 5.79. The number of aryl methyl sites for hydroxylation is 1. The van der Waals surface area contributed by atoms with Crippen LogP contribution < -0.4 is 10.6 Å². The van der Waals surface area contributed by atoms with Gasteiger partial charge in [-0.1, -0.05) is 36.4 Å². The Balaban J connectivity index is 0.000000136. The summed E-state index contributed by atoms with van der Waals surface area (Å²) < 4.78 is 0. The Labute approximate surface area is 266 Å². The molecule has 0 unspecified atom stereocenters. The number of fused-ring (bicyclic) bond motifs is 4. The number of hydrogen-bond acceptors (Lipinski definition) is 6. The first-order chi connectivity index (χ1) is 22.6. The first-order valence-corrected chi connectivity index (χ1v) is 15.7. The molecule has 8 heteroatoms. The van der Waals surface area contributed by atoms with Gasteiger partial charge in [-0.3, -0.25) is 9.97 Å². The maximum atomic E-state index is 4.73. The third kappa shape index (κ3) is 6.10. The highest BCUT2D eigenvalue weighted by atomic mass is 15.0. The molecule has 0 saturated heterocycles. The highest BCUT2D eigenvalue weighted by molar-refractivity contribution is 5.81. The third-order valence-electron chi connectivity index (χ3n) is 8.50. The second-order valence-corrected chi connectivity index (χ2v) is 12.0. The van der Waals surface area contributed by atoms with Crippen LogP contribution in [0.3, 0.4) is 0 Å². The summed E-state index contributed by atoms with van der Waals surface area (Å²) in [7, 11) is 0. The minimum Gasteiger partial charge on any atom is -0.365 e. The van der Waals surface area contributed by atoms with Crippen molar-refractivity contribution < 1.29 is 0 Å². The molecule has 0 radical (unpaired) electrons. The highest BCUT2D eigenvalue weighted by Gasteiger charge is 2.23. The average molecular weight is 603 g/mol. The van der Waals surface area contributed by atoms with Crippen LogP contribution in [-0.2, 0) is 13.1 Å². The van der Waals surface area contributed by atoms with E-state index in [0.717, 1.165) is 63.7 Å². The Morgan fingerprint density at radius 2 is 1.22 bits per heavy atom. The van der Waals surface area contributed by atoms with Gasteiger partial charge in [0.25, 0.3) is 0 Å². The molecule has 0 atom stereocenters. The number of aromatic nitrogens is 6. The second-order valence-electron chi connectivity index (χ2n) is 12.0. The Hall–Kier alpha value is -5.76. The lowest BCUT2D eigenvalue weighted by Gasteiger charge is -2.07. The van der Waals surface area contributed by atoms with Gasteiger partial charge in [-0.15, -0.1) is 0 Å². The molecular weight excluding hydrogens is 568 g/mol. The van der Waals surface area contributed by atoms with E-state index in [0.29, 0.717) is 0 Å². The molecule has 1 aliphatic rings. The van der Waals surface area contributed by atoms with Gasteiger partial charge < -0.3 is 20.6 Å². The highest BCUT2D eigenvalue weighted by Crippen LogP contribution is 2.40. The first-order valence-electron chi connectivity index (χ1n) is 15.7. The van der Waals surface area contributed by atoms with Crippen molar-refractivity contribution in [1.82, 2.24) is 29.9 Å². The minimum absolute atomic E-state index is 0.723. The van der Waals surface area contributed by atoms with E-state index in [1.807, 2.05) is 30.7 Å². The van der Waals surface area contributed by atoms with Crippen molar-refractivity contribution in [1.29, 1.82) is 0 Å². The first kappa shape index (κ1) is 27.8. The molecule has 8 aromatic rings. The average Bonchev–Trinajstić information content (AvgIpc) is 3.65. The van der Waals surface area contributed by atoms with Gasteiger partial charge in [0.05, 0.1) is 34.5 Å². The number of hydrogen-bond donors (Lipinski definition) is 4. The summed E-state index contributed by atoms with van der Waals surface area (Å²) in [6, 6.07) is 29.6. The summed E-state index contributed by atoms with van der Waals surface area (Å²) in [6.07, 6.45) is 10.1. The lowest BCUT2D eigenvalue weighted by atomic mass is 10.1. The molecule has 1 saturated carbocycles. The van der Waals surface area contributed by atoms with Crippen LogP contribution in [0.4, 0.5) is 11.6 Å². The van der Waals surface area contributed by atoms with Crippen molar-refractivity contribution in [2.75, 3.05) is 10.6 Å². The van der Waals surface area contributed by atoms with Gasteiger partial charge in [-0.05, 0) is 107 Å². The van der Waals surface area contributed by atoms with Gasteiger partial charge >= 0.3 is 0 Å². The molecule has 1 fully saturated rings. The standard InChI is InChI=1S/C20H18N4.C18H16N4/c1-2-15-7-8-21-18(15)9-13(1)11-23-20-12-22-17-6-5-16(14-3-4-14)10-19(17)24-20;1-12-2-5-15-17(8-12)20-11-18(22-15)21-10-13-3-4-14-6-7-19-16(14)9-13/h1-2,5-10,12,14,21H,3-4,11H2,(H,23,24);2-9,11,19H,10H2,1H3,(H,21,22). The molecule has 4 aromatic heterocycles. The molecule has 46 heavy (non-hydrogen) atoms. The lowest BCUT2D eigenvalue weighted by molar-refractivity contribution is 1.10. The second kappa shape index (κ2) is 12.0. The van der Waals surface area contributed by atoms with Crippen LogP contribution >= 0.6 is 0 Å². The molecule has 8 nitrogen and oxygen atoms in total. The van der Waals surface area contributed by atoms with Crippen LogP contribution in [0.15, 0.2) is 110 Å². The fraction of sp³-hybridized carbons (Fsp3) is 0.158. The van der Waals surface area contributed by atoms with E-state index in [-0.39, 0.29) is 0 Å². The van der Waals surface area contributed by atoms with Crippen molar-refractivity contribution in [3.63, 3.8) is 0 Å². The molecule has 4 heterocycles. The van der Waals surface area contributed by atoms with Crippen LogP contribution in [0, 0.1) is 6.92 Å². The van der Waals surface area contributed by atoms with E-state index < -0.39 is 0 Å². The van der Waals surface area contributed by atoms with Crippen LogP contribution in [0.25, 0.3) is 43.9 Å². The zero-order valence-electron chi connectivity index (χ0n) is 25.6. The predicted molar refractivity (Wildman–Crippen MR) is 187 cm³/mol. The van der Waals surface area contributed by atoms with Crippen molar-refractivity contribution >= 4 is 55.5 Å². The molecule has 9 rings (SSSR count). The van der Waals surface area contributed by atoms with Crippen LogP contribution in [-0.4, -0.2) is 29.9 Å². The van der Waals surface area contributed by atoms with Crippen molar-refractivity contribution in [2.45, 2.75) is 38.8 Å². The Bertz CT molecular complexity index is 2310. The number of nitrogens with zero attached hydrogens (tertiary/aromatic N) is 4. The Morgan fingerprint density at radius 3 is 1.87 bits per heavy atom. The molecule has 0 aliphatic heterocycles. The molecule has 226 valence electrons. The van der Waals surface area contributed by atoms with Gasteiger partial charge in [0.2, 0.25) is 0 Å². The zero-order chi connectivity index (χ0) is 30.9. The molecule has 1 aliphatic carbocycles. The van der Waals surface area contributed by atoms with Crippen LogP contribution in [0.5, 0.6) is 0 Å². The zero-order valence-corrected chi connectivity index (χ0v) is 25.6. The van der Waals surface area contributed by atoms with E-state index in [2.05, 4.69) is 115 Å². The van der Waals surface area contributed by atoms with Crippen LogP contribution in [0.1, 0.15) is 41.0 Å². The topological polar surface area (TPSA) is 107 Å².